The van der Waals surface area contributed by atoms with E-state index < -0.39 is 0 Å². The van der Waals surface area contributed by atoms with Gasteiger partial charge in [0, 0.05) is 26.7 Å². The zero-order valence-electron chi connectivity index (χ0n) is 11.9. The van der Waals surface area contributed by atoms with Crippen molar-refractivity contribution in [2.24, 2.45) is 11.8 Å². The van der Waals surface area contributed by atoms with Crippen LogP contribution in [-0.2, 0) is 0 Å². The second kappa shape index (κ2) is 7.05. The highest BCUT2D eigenvalue weighted by Crippen LogP contribution is 2.15. The van der Waals surface area contributed by atoms with Crippen LogP contribution >= 0.6 is 0 Å². The summed E-state index contributed by atoms with van der Waals surface area (Å²) in [4.78, 5) is 14.4. The van der Waals surface area contributed by atoms with Crippen LogP contribution in [0, 0.1) is 5.92 Å². The molecule has 1 aromatic heterocycles. The minimum atomic E-state index is 0.0908. The molecule has 1 atom stereocenters. The standard InChI is InChI=1S/C11H23N7O/c1-7(2)8(5-6-19)13-9-14-10(17-12)16-11(15-9)18(3)4/h7-8,19H,5-6,12H2,1-4H3,(H2,13,14,15,16,17). The molecular weight excluding hydrogens is 246 g/mol. The van der Waals surface area contributed by atoms with Crippen molar-refractivity contribution in [3.8, 4) is 0 Å². The van der Waals surface area contributed by atoms with E-state index in [1.165, 1.54) is 0 Å². The fourth-order valence-corrected chi connectivity index (χ4v) is 1.57. The number of hydrogen-bond donors (Lipinski definition) is 4. The minimum absolute atomic E-state index is 0.0908. The summed E-state index contributed by atoms with van der Waals surface area (Å²) in [6, 6.07) is 0.0908. The van der Waals surface area contributed by atoms with Gasteiger partial charge in [-0.1, -0.05) is 13.8 Å². The number of anilines is 3. The van der Waals surface area contributed by atoms with Crippen molar-refractivity contribution >= 4 is 17.8 Å². The van der Waals surface area contributed by atoms with Gasteiger partial charge >= 0.3 is 0 Å². The summed E-state index contributed by atoms with van der Waals surface area (Å²) in [5, 5.41) is 12.3. The van der Waals surface area contributed by atoms with E-state index in [1.807, 2.05) is 14.1 Å². The first-order chi connectivity index (χ1) is 8.97. The first-order valence-corrected chi connectivity index (χ1v) is 6.25. The lowest BCUT2D eigenvalue weighted by atomic mass is 10.0. The molecule has 0 saturated carbocycles. The van der Waals surface area contributed by atoms with Gasteiger partial charge in [-0.3, -0.25) is 5.43 Å². The number of rotatable bonds is 7. The molecule has 1 heterocycles. The maximum Gasteiger partial charge on any atom is 0.243 e. The van der Waals surface area contributed by atoms with Crippen LogP contribution in [0.1, 0.15) is 20.3 Å². The van der Waals surface area contributed by atoms with Crippen LogP contribution in [-0.4, -0.2) is 46.8 Å². The molecule has 0 aliphatic carbocycles. The van der Waals surface area contributed by atoms with Gasteiger partial charge in [0.15, 0.2) is 0 Å². The number of hydrazine groups is 1. The van der Waals surface area contributed by atoms with Crippen LogP contribution in [0.15, 0.2) is 0 Å². The summed E-state index contributed by atoms with van der Waals surface area (Å²) in [5.74, 6) is 6.95. The van der Waals surface area contributed by atoms with E-state index in [0.29, 0.717) is 30.2 Å². The van der Waals surface area contributed by atoms with E-state index in [0.717, 1.165) is 0 Å². The molecule has 0 spiro atoms. The zero-order valence-corrected chi connectivity index (χ0v) is 11.9. The molecule has 8 heteroatoms. The van der Waals surface area contributed by atoms with Crippen molar-refractivity contribution in [3.63, 3.8) is 0 Å². The molecule has 0 aliphatic heterocycles. The lowest BCUT2D eigenvalue weighted by molar-refractivity contribution is 0.267. The second-order valence-electron chi connectivity index (χ2n) is 4.83. The van der Waals surface area contributed by atoms with Crippen molar-refractivity contribution < 1.29 is 5.11 Å². The molecule has 0 fully saturated rings. The Bertz CT molecular complexity index is 397. The Morgan fingerprint density at radius 1 is 1.21 bits per heavy atom. The number of nitrogens with two attached hydrogens (primary N) is 1. The number of nitrogen functional groups attached to an aromatic ring is 1. The largest absolute Gasteiger partial charge is 0.396 e. The van der Waals surface area contributed by atoms with Crippen LogP contribution in [0.25, 0.3) is 0 Å². The monoisotopic (exact) mass is 269 g/mol. The van der Waals surface area contributed by atoms with Crippen LogP contribution in [0.4, 0.5) is 17.8 Å². The van der Waals surface area contributed by atoms with E-state index in [-0.39, 0.29) is 12.6 Å². The van der Waals surface area contributed by atoms with Gasteiger partial charge in [-0.2, -0.15) is 15.0 Å². The molecule has 108 valence electrons. The van der Waals surface area contributed by atoms with Gasteiger partial charge in [0.2, 0.25) is 17.8 Å². The van der Waals surface area contributed by atoms with Crippen molar-refractivity contribution in [2.45, 2.75) is 26.3 Å². The topological polar surface area (TPSA) is 112 Å². The van der Waals surface area contributed by atoms with Crippen molar-refractivity contribution in [2.75, 3.05) is 36.3 Å². The molecule has 19 heavy (non-hydrogen) atoms. The summed E-state index contributed by atoms with van der Waals surface area (Å²) in [5.41, 5.74) is 2.42. The van der Waals surface area contributed by atoms with Gasteiger partial charge in [0.1, 0.15) is 0 Å². The van der Waals surface area contributed by atoms with Crippen molar-refractivity contribution in [3.05, 3.63) is 0 Å². The molecular formula is C11H23N7O. The maximum absolute atomic E-state index is 9.07. The smallest absolute Gasteiger partial charge is 0.243 e. The third-order valence-electron chi connectivity index (χ3n) is 2.71. The van der Waals surface area contributed by atoms with Gasteiger partial charge in [-0.25, -0.2) is 5.84 Å². The lowest BCUT2D eigenvalue weighted by Crippen LogP contribution is -2.29. The van der Waals surface area contributed by atoms with Gasteiger partial charge < -0.3 is 15.3 Å². The summed E-state index contributed by atoms with van der Waals surface area (Å²) in [7, 11) is 3.68. The summed E-state index contributed by atoms with van der Waals surface area (Å²) < 4.78 is 0. The molecule has 0 radical (unpaired) electrons. The third kappa shape index (κ3) is 4.49. The Morgan fingerprint density at radius 2 is 1.84 bits per heavy atom. The highest BCUT2D eigenvalue weighted by molar-refractivity contribution is 5.42. The van der Waals surface area contributed by atoms with Crippen molar-refractivity contribution in [1.82, 2.24) is 15.0 Å². The molecule has 1 unspecified atom stereocenters. The minimum Gasteiger partial charge on any atom is -0.396 e. The molecule has 8 nitrogen and oxygen atoms in total. The number of nitrogens with zero attached hydrogens (tertiary/aromatic N) is 4. The van der Waals surface area contributed by atoms with Crippen LogP contribution in [0.3, 0.4) is 0 Å². The van der Waals surface area contributed by atoms with Crippen LogP contribution in [0.2, 0.25) is 0 Å². The van der Waals surface area contributed by atoms with E-state index in [1.54, 1.807) is 4.90 Å². The fourth-order valence-electron chi connectivity index (χ4n) is 1.57. The summed E-state index contributed by atoms with van der Waals surface area (Å²) in [6.07, 6.45) is 0.631. The van der Waals surface area contributed by atoms with Gasteiger partial charge in [0.05, 0.1) is 0 Å². The molecule has 0 amide bonds. The Hall–Kier alpha value is -1.67. The highest BCUT2D eigenvalue weighted by atomic mass is 16.3. The molecule has 5 N–H and O–H groups in total. The van der Waals surface area contributed by atoms with Gasteiger partial charge in [-0.15, -0.1) is 0 Å². The lowest BCUT2D eigenvalue weighted by Gasteiger charge is -2.22. The first-order valence-electron chi connectivity index (χ1n) is 6.25. The predicted octanol–water partition coefficient (Wildman–Crippen LogP) is 0.0421. The zero-order chi connectivity index (χ0) is 14.4. The Labute approximate surface area is 113 Å². The van der Waals surface area contributed by atoms with E-state index in [4.69, 9.17) is 10.9 Å². The average molecular weight is 269 g/mol. The molecule has 1 aromatic rings. The quantitative estimate of drug-likeness (QED) is 0.405. The van der Waals surface area contributed by atoms with Crippen molar-refractivity contribution in [1.29, 1.82) is 0 Å². The first kappa shape index (κ1) is 15.4. The molecule has 0 aromatic carbocycles. The van der Waals surface area contributed by atoms with E-state index in [2.05, 4.69) is 39.5 Å². The normalized spacial score (nSPS) is 12.4. The van der Waals surface area contributed by atoms with Gasteiger partial charge in [0.25, 0.3) is 0 Å². The summed E-state index contributed by atoms with van der Waals surface area (Å²) >= 11 is 0. The second-order valence-corrected chi connectivity index (χ2v) is 4.83. The molecule has 0 aliphatic rings. The number of aliphatic hydroxyl groups excluding tert-OH is 1. The van der Waals surface area contributed by atoms with Gasteiger partial charge in [-0.05, 0) is 12.3 Å². The predicted molar refractivity (Wildman–Crippen MR) is 75.9 cm³/mol. The molecule has 0 bridgehead atoms. The Kier molecular flexibility index (Phi) is 5.71. The van der Waals surface area contributed by atoms with E-state index >= 15 is 0 Å². The van der Waals surface area contributed by atoms with Crippen LogP contribution in [0.5, 0.6) is 0 Å². The van der Waals surface area contributed by atoms with Crippen LogP contribution < -0.4 is 21.5 Å². The average Bonchev–Trinajstić information content (AvgIpc) is 2.37. The number of hydrogen-bond acceptors (Lipinski definition) is 8. The fraction of sp³-hybridized carbons (Fsp3) is 0.727. The summed E-state index contributed by atoms with van der Waals surface area (Å²) in [6.45, 7) is 4.26. The SMILES string of the molecule is CC(C)C(CCO)Nc1nc(NN)nc(N(C)C)n1. The number of nitrogens with one attached hydrogen (secondary N) is 2. The number of aliphatic hydroxyl groups is 1. The third-order valence-corrected chi connectivity index (χ3v) is 2.71. The number of aromatic nitrogens is 3. The maximum atomic E-state index is 9.07. The Morgan fingerprint density at radius 3 is 2.32 bits per heavy atom. The Balaban J connectivity index is 2.95. The van der Waals surface area contributed by atoms with E-state index in [9.17, 15) is 0 Å². The molecule has 1 rings (SSSR count). The highest BCUT2D eigenvalue weighted by Gasteiger charge is 2.15. The molecule has 0 saturated heterocycles.